The van der Waals surface area contributed by atoms with Crippen molar-refractivity contribution in [1.29, 1.82) is 0 Å². The van der Waals surface area contributed by atoms with E-state index >= 15 is 0 Å². The molecule has 0 aliphatic heterocycles. The number of aliphatic hydroxyl groups is 1. The van der Waals surface area contributed by atoms with Gasteiger partial charge in [0, 0.05) is 6.04 Å². The summed E-state index contributed by atoms with van der Waals surface area (Å²) in [5.74, 6) is -0.873. The van der Waals surface area contributed by atoms with Crippen LogP contribution >= 0.6 is 0 Å². The van der Waals surface area contributed by atoms with E-state index in [4.69, 9.17) is 5.11 Å². The Morgan fingerprint density at radius 3 is 2.29 bits per heavy atom. The molecule has 0 bridgehead atoms. The summed E-state index contributed by atoms with van der Waals surface area (Å²) in [5.41, 5.74) is -0.213. The fraction of sp³-hybridized carbons (Fsp3) is 0.500. The van der Waals surface area contributed by atoms with E-state index in [1.807, 2.05) is 0 Å². The number of carboxylic acid groups (broad SMARTS) is 1. The molecule has 0 spiro atoms. The van der Waals surface area contributed by atoms with Crippen molar-refractivity contribution >= 4 is 16.0 Å². The minimum absolute atomic E-state index is 0.0688. The van der Waals surface area contributed by atoms with Gasteiger partial charge in [-0.15, -0.1) is 0 Å². The van der Waals surface area contributed by atoms with Gasteiger partial charge in [-0.05, 0) is 37.0 Å². The zero-order valence-corrected chi connectivity index (χ0v) is 12.6. The van der Waals surface area contributed by atoms with Crippen LogP contribution < -0.4 is 4.72 Å². The lowest BCUT2D eigenvalue weighted by molar-refractivity contribution is -0.140. The first-order valence-corrected chi connectivity index (χ1v) is 8.31. The van der Waals surface area contributed by atoms with Crippen LogP contribution in [0, 0.1) is 0 Å². The van der Waals surface area contributed by atoms with Gasteiger partial charge in [-0.25, -0.2) is 13.1 Å². The highest BCUT2D eigenvalue weighted by Gasteiger charge is 2.51. The molecule has 6 nitrogen and oxygen atoms in total. The molecule has 1 aromatic carbocycles. The fourth-order valence-corrected chi connectivity index (χ4v) is 3.55. The molecule has 1 aliphatic carbocycles. The Bertz CT molecular complexity index is 615. The van der Waals surface area contributed by atoms with Gasteiger partial charge in [0.1, 0.15) is 0 Å². The number of carboxylic acids is 1. The summed E-state index contributed by atoms with van der Waals surface area (Å²) in [6.07, 6.45) is 1.64. The highest BCUT2D eigenvalue weighted by molar-refractivity contribution is 7.89. The van der Waals surface area contributed by atoms with Crippen molar-refractivity contribution in [2.45, 2.75) is 42.5 Å². The summed E-state index contributed by atoms with van der Waals surface area (Å²) in [6.45, 7) is 1.51. The van der Waals surface area contributed by atoms with Crippen molar-refractivity contribution in [1.82, 2.24) is 4.72 Å². The van der Waals surface area contributed by atoms with E-state index in [2.05, 4.69) is 4.72 Å². The third-order valence-electron chi connectivity index (χ3n) is 3.91. The summed E-state index contributed by atoms with van der Waals surface area (Å²) in [6, 6.07) is 5.39. The maximum atomic E-state index is 12.1. The maximum absolute atomic E-state index is 12.1. The topological polar surface area (TPSA) is 104 Å². The number of hydrogen-bond acceptors (Lipinski definition) is 4. The quantitative estimate of drug-likeness (QED) is 0.692. The Morgan fingerprint density at radius 1 is 1.33 bits per heavy atom. The van der Waals surface area contributed by atoms with Gasteiger partial charge in [0.2, 0.25) is 10.0 Å². The van der Waals surface area contributed by atoms with E-state index in [1.54, 1.807) is 19.1 Å². The molecule has 0 heterocycles. The molecular weight excluding hydrogens is 294 g/mol. The molecule has 2 rings (SSSR count). The Hall–Kier alpha value is -1.44. The van der Waals surface area contributed by atoms with E-state index in [9.17, 15) is 18.3 Å². The molecule has 0 aromatic heterocycles. The third kappa shape index (κ3) is 3.09. The Morgan fingerprint density at radius 2 is 1.90 bits per heavy atom. The number of benzene rings is 1. The Kier molecular flexibility index (Phi) is 4.36. The predicted molar refractivity (Wildman–Crippen MR) is 76.5 cm³/mol. The van der Waals surface area contributed by atoms with Gasteiger partial charge < -0.3 is 10.2 Å². The zero-order valence-electron chi connectivity index (χ0n) is 11.7. The standard InChI is InChI=1S/C14H19NO5S/c1-2-11(9-16)15-21(19,20)12-5-3-10(4-6-12)14(7-8-14)13(17)18/h3-6,11,15-16H,2,7-9H2,1H3,(H,17,18). The van der Waals surface area contributed by atoms with Crippen LogP contribution in [0.4, 0.5) is 0 Å². The highest BCUT2D eigenvalue weighted by atomic mass is 32.2. The number of sulfonamides is 1. The molecule has 1 fully saturated rings. The average Bonchev–Trinajstić information content (AvgIpc) is 3.26. The van der Waals surface area contributed by atoms with Crippen LogP contribution in [0.5, 0.6) is 0 Å². The number of aliphatic hydroxyl groups excluding tert-OH is 1. The van der Waals surface area contributed by atoms with Gasteiger partial charge in [-0.1, -0.05) is 19.1 Å². The molecule has 0 amide bonds. The molecule has 1 unspecified atom stereocenters. The molecule has 1 atom stereocenters. The first-order chi connectivity index (χ1) is 9.85. The number of rotatable bonds is 7. The third-order valence-corrected chi connectivity index (χ3v) is 5.45. The Balaban J connectivity index is 2.21. The largest absolute Gasteiger partial charge is 0.481 e. The molecule has 1 aromatic rings. The van der Waals surface area contributed by atoms with Gasteiger partial charge in [0.05, 0.1) is 16.9 Å². The van der Waals surface area contributed by atoms with Crippen LogP contribution in [-0.4, -0.2) is 37.2 Å². The van der Waals surface area contributed by atoms with Gasteiger partial charge in [-0.3, -0.25) is 4.79 Å². The van der Waals surface area contributed by atoms with Crippen LogP contribution in [0.15, 0.2) is 29.2 Å². The van der Waals surface area contributed by atoms with Gasteiger partial charge in [-0.2, -0.15) is 0 Å². The fourth-order valence-electron chi connectivity index (χ4n) is 2.24. The first-order valence-electron chi connectivity index (χ1n) is 6.83. The monoisotopic (exact) mass is 313 g/mol. The van der Waals surface area contributed by atoms with Gasteiger partial charge in [0.25, 0.3) is 0 Å². The number of hydrogen-bond donors (Lipinski definition) is 3. The first kappa shape index (κ1) is 15.9. The van der Waals surface area contributed by atoms with Crippen LogP contribution in [0.25, 0.3) is 0 Å². The van der Waals surface area contributed by atoms with E-state index in [0.29, 0.717) is 24.8 Å². The van der Waals surface area contributed by atoms with Crippen molar-refractivity contribution in [2.24, 2.45) is 0 Å². The summed E-state index contributed by atoms with van der Waals surface area (Å²) in [4.78, 5) is 11.3. The second-order valence-electron chi connectivity index (χ2n) is 5.32. The predicted octanol–water partition coefficient (Wildman–Crippen LogP) is 0.852. The molecule has 3 N–H and O–H groups in total. The minimum Gasteiger partial charge on any atom is -0.481 e. The minimum atomic E-state index is -3.70. The highest BCUT2D eigenvalue weighted by Crippen LogP contribution is 2.48. The summed E-state index contributed by atoms with van der Waals surface area (Å²) < 4.78 is 26.7. The van der Waals surface area contributed by atoms with E-state index in [0.717, 1.165) is 0 Å². The number of aliphatic carboxylic acids is 1. The van der Waals surface area contributed by atoms with Gasteiger partial charge in [0.15, 0.2) is 0 Å². The molecule has 0 radical (unpaired) electrons. The van der Waals surface area contributed by atoms with Crippen LogP contribution in [-0.2, 0) is 20.2 Å². The van der Waals surface area contributed by atoms with Crippen molar-refractivity contribution in [3.8, 4) is 0 Å². The summed E-state index contributed by atoms with van der Waals surface area (Å²) >= 11 is 0. The van der Waals surface area contributed by atoms with Crippen molar-refractivity contribution in [3.63, 3.8) is 0 Å². The molecular formula is C14H19NO5S. The lowest BCUT2D eigenvalue weighted by Crippen LogP contribution is -2.36. The molecule has 21 heavy (non-hydrogen) atoms. The van der Waals surface area contributed by atoms with Crippen molar-refractivity contribution < 1.29 is 23.4 Å². The average molecular weight is 313 g/mol. The molecule has 1 aliphatic rings. The summed E-state index contributed by atoms with van der Waals surface area (Å²) in [7, 11) is -3.70. The summed E-state index contributed by atoms with van der Waals surface area (Å²) in [5, 5.41) is 18.3. The van der Waals surface area contributed by atoms with E-state index < -0.39 is 27.4 Å². The van der Waals surface area contributed by atoms with E-state index in [1.165, 1.54) is 12.1 Å². The van der Waals surface area contributed by atoms with Crippen molar-refractivity contribution in [2.75, 3.05) is 6.61 Å². The Labute approximate surface area is 123 Å². The second kappa shape index (κ2) is 5.75. The molecule has 116 valence electrons. The normalized spacial score (nSPS) is 18.2. The SMILES string of the molecule is CCC(CO)NS(=O)(=O)c1ccc(C2(C(=O)O)CC2)cc1. The number of nitrogens with one attached hydrogen (secondary N) is 1. The molecule has 7 heteroatoms. The lowest BCUT2D eigenvalue weighted by atomic mass is 9.96. The lowest BCUT2D eigenvalue weighted by Gasteiger charge is -2.15. The smallest absolute Gasteiger partial charge is 0.314 e. The van der Waals surface area contributed by atoms with E-state index in [-0.39, 0.29) is 11.5 Å². The molecule has 1 saturated carbocycles. The van der Waals surface area contributed by atoms with Crippen molar-refractivity contribution in [3.05, 3.63) is 29.8 Å². The van der Waals surface area contributed by atoms with Crippen LogP contribution in [0.1, 0.15) is 31.7 Å². The zero-order chi connectivity index (χ0) is 15.7. The second-order valence-corrected chi connectivity index (χ2v) is 7.03. The molecule has 0 saturated heterocycles. The number of carbonyl (C=O) groups is 1. The van der Waals surface area contributed by atoms with Crippen LogP contribution in [0.3, 0.4) is 0 Å². The van der Waals surface area contributed by atoms with Crippen LogP contribution in [0.2, 0.25) is 0 Å². The maximum Gasteiger partial charge on any atom is 0.314 e. The van der Waals surface area contributed by atoms with Gasteiger partial charge >= 0.3 is 5.97 Å².